The maximum Gasteiger partial charge on any atom is 0.230 e. The number of aryl methyl sites for hydroxylation is 1. The molecule has 0 spiro atoms. The summed E-state index contributed by atoms with van der Waals surface area (Å²) in [6.45, 7) is 6.89. The van der Waals surface area contributed by atoms with E-state index >= 15 is 0 Å². The van der Waals surface area contributed by atoms with Crippen LogP contribution in [-0.2, 0) is 9.53 Å². The predicted octanol–water partition coefficient (Wildman–Crippen LogP) is 1.70. The second kappa shape index (κ2) is 9.20. The number of halogens is 2. The third-order valence-corrected chi connectivity index (χ3v) is 5.76. The number of carbonyl (C=O) groups excluding carboxylic acids is 1. The van der Waals surface area contributed by atoms with Gasteiger partial charge in [-0.2, -0.15) is 0 Å². The van der Waals surface area contributed by atoms with Crippen LogP contribution in [0, 0.1) is 12.3 Å². The quantitative estimate of drug-likeness (QED) is 0.841. The van der Waals surface area contributed by atoms with Gasteiger partial charge in [0.2, 0.25) is 5.91 Å². The summed E-state index contributed by atoms with van der Waals surface area (Å²) >= 11 is 1.67. The Hall–Kier alpha value is -0.600. The minimum Gasteiger partial charge on any atom is -0.381 e. The maximum absolute atomic E-state index is 12.9. The molecule has 0 atom stereocenters. The van der Waals surface area contributed by atoms with Gasteiger partial charge in [-0.05, 0) is 19.8 Å². The standard InChI is InChI=1S/C15H24N4O2S.2ClH/c1-12-10-22-14(17-12)19-6-4-18(5-7-19)13(20)15(11-16)2-8-21-9-3-15;;/h10H,2-9,11,16H2,1H3;2*1H. The summed E-state index contributed by atoms with van der Waals surface area (Å²) in [4.78, 5) is 21.7. The maximum atomic E-state index is 12.9. The van der Waals surface area contributed by atoms with Gasteiger partial charge in [0, 0.05) is 51.3 Å². The van der Waals surface area contributed by atoms with Crippen molar-refractivity contribution in [1.82, 2.24) is 9.88 Å². The van der Waals surface area contributed by atoms with Crippen molar-refractivity contribution in [3.8, 4) is 0 Å². The molecule has 1 aromatic heterocycles. The third kappa shape index (κ3) is 4.32. The van der Waals surface area contributed by atoms with Crippen molar-refractivity contribution in [2.24, 2.45) is 11.1 Å². The molecule has 6 nitrogen and oxygen atoms in total. The number of nitrogens with zero attached hydrogens (tertiary/aromatic N) is 3. The first-order valence-electron chi connectivity index (χ1n) is 7.89. The average molecular weight is 397 g/mol. The van der Waals surface area contributed by atoms with Gasteiger partial charge in [0.15, 0.2) is 5.13 Å². The van der Waals surface area contributed by atoms with Crippen LogP contribution < -0.4 is 10.6 Å². The van der Waals surface area contributed by atoms with E-state index in [9.17, 15) is 4.79 Å². The summed E-state index contributed by atoms with van der Waals surface area (Å²) in [5.74, 6) is 0.216. The van der Waals surface area contributed by atoms with Crippen molar-refractivity contribution in [2.75, 3.05) is 50.8 Å². The Bertz CT molecular complexity index is 529. The smallest absolute Gasteiger partial charge is 0.230 e. The zero-order valence-electron chi connectivity index (χ0n) is 13.9. The number of ether oxygens (including phenoxy) is 1. The highest BCUT2D eigenvalue weighted by Crippen LogP contribution is 2.32. The number of aromatic nitrogens is 1. The monoisotopic (exact) mass is 396 g/mol. The Morgan fingerprint density at radius 2 is 1.92 bits per heavy atom. The molecule has 1 amide bonds. The summed E-state index contributed by atoms with van der Waals surface area (Å²) in [5.41, 5.74) is 6.60. The number of piperazine rings is 1. The molecule has 24 heavy (non-hydrogen) atoms. The van der Waals surface area contributed by atoms with Crippen LogP contribution in [0.3, 0.4) is 0 Å². The van der Waals surface area contributed by atoms with Crippen LogP contribution in [0.5, 0.6) is 0 Å². The molecule has 0 aliphatic carbocycles. The van der Waals surface area contributed by atoms with Crippen LogP contribution in [0.25, 0.3) is 0 Å². The number of nitrogens with two attached hydrogens (primary N) is 1. The highest BCUT2D eigenvalue weighted by Gasteiger charge is 2.42. The topological polar surface area (TPSA) is 71.7 Å². The van der Waals surface area contributed by atoms with Gasteiger partial charge >= 0.3 is 0 Å². The molecule has 0 radical (unpaired) electrons. The normalized spacial score (nSPS) is 20.1. The van der Waals surface area contributed by atoms with E-state index in [-0.39, 0.29) is 30.7 Å². The lowest BCUT2D eigenvalue weighted by Crippen LogP contribution is -2.56. The molecule has 0 bridgehead atoms. The molecule has 3 heterocycles. The second-order valence-electron chi connectivity index (χ2n) is 6.15. The van der Waals surface area contributed by atoms with Crippen molar-refractivity contribution in [1.29, 1.82) is 0 Å². The lowest BCUT2D eigenvalue weighted by molar-refractivity contribution is -0.147. The largest absolute Gasteiger partial charge is 0.381 e. The minimum absolute atomic E-state index is 0. The fourth-order valence-electron chi connectivity index (χ4n) is 3.19. The molecular weight excluding hydrogens is 371 g/mol. The van der Waals surface area contributed by atoms with Gasteiger partial charge in [0.1, 0.15) is 0 Å². The molecule has 0 aromatic carbocycles. The van der Waals surface area contributed by atoms with Crippen LogP contribution in [-0.4, -0.2) is 61.7 Å². The van der Waals surface area contributed by atoms with Crippen LogP contribution in [0.2, 0.25) is 0 Å². The van der Waals surface area contributed by atoms with Crippen molar-refractivity contribution < 1.29 is 9.53 Å². The van der Waals surface area contributed by atoms with Crippen molar-refractivity contribution in [2.45, 2.75) is 19.8 Å². The average Bonchev–Trinajstić information content (AvgIpc) is 3.01. The Balaban J connectivity index is 0.00000144. The van der Waals surface area contributed by atoms with E-state index in [2.05, 4.69) is 15.3 Å². The van der Waals surface area contributed by atoms with Crippen LogP contribution in [0.1, 0.15) is 18.5 Å². The predicted molar refractivity (Wildman–Crippen MR) is 102 cm³/mol. The van der Waals surface area contributed by atoms with E-state index in [0.717, 1.165) is 49.8 Å². The van der Waals surface area contributed by atoms with Crippen molar-refractivity contribution in [3.05, 3.63) is 11.1 Å². The lowest BCUT2D eigenvalue weighted by atomic mass is 9.78. The molecule has 138 valence electrons. The fourth-order valence-corrected chi connectivity index (χ4v) is 4.05. The van der Waals surface area contributed by atoms with E-state index in [1.54, 1.807) is 11.3 Å². The van der Waals surface area contributed by atoms with Gasteiger partial charge < -0.3 is 20.3 Å². The number of hydrogen-bond acceptors (Lipinski definition) is 6. The Morgan fingerprint density at radius 1 is 1.29 bits per heavy atom. The van der Waals surface area contributed by atoms with Crippen LogP contribution >= 0.6 is 36.2 Å². The van der Waals surface area contributed by atoms with Crippen LogP contribution in [0.4, 0.5) is 5.13 Å². The van der Waals surface area contributed by atoms with E-state index in [0.29, 0.717) is 19.8 Å². The summed E-state index contributed by atoms with van der Waals surface area (Å²) in [7, 11) is 0. The lowest BCUT2D eigenvalue weighted by Gasteiger charge is -2.42. The number of anilines is 1. The number of hydrogen-bond donors (Lipinski definition) is 1. The molecule has 2 fully saturated rings. The molecule has 2 aliphatic heterocycles. The first-order valence-corrected chi connectivity index (χ1v) is 8.77. The van der Waals surface area contributed by atoms with Gasteiger partial charge in [-0.1, -0.05) is 0 Å². The van der Waals surface area contributed by atoms with E-state index in [4.69, 9.17) is 10.5 Å². The zero-order chi connectivity index (χ0) is 15.6. The van der Waals surface area contributed by atoms with E-state index < -0.39 is 5.41 Å². The summed E-state index contributed by atoms with van der Waals surface area (Å²) in [6.07, 6.45) is 1.49. The number of carbonyl (C=O) groups is 1. The highest BCUT2D eigenvalue weighted by atomic mass is 35.5. The van der Waals surface area contributed by atoms with Gasteiger partial charge in [-0.3, -0.25) is 4.79 Å². The molecular formula is C15H26Cl2N4O2S. The summed E-state index contributed by atoms with van der Waals surface area (Å²) in [5, 5.41) is 3.13. The molecule has 2 N–H and O–H groups in total. The third-order valence-electron chi connectivity index (χ3n) is 4.74. The van der Waals surface area contributed by atoms with Gasteiger partial charge in [0.25, 0.3) is 0 Å². The second-order valence-corrected chi connectivity index (χ2v) is 6.98. The first kappa shape index (κ1) is 21.4. The molecule has 0 unspecified atom stereocenters. The Labute approximate surface area is 159 Å². The Kier molecular flexibility index (Phi) is 8.22. The van der Waals surface area contributed by atoms with Gasteiger partial charge in [-0.25, -0.2) is 4.98 Å². The highest BCUT2D eigenvalue weighted by molar-refractivity contribution is 7.13. The number of rotatable bonds is 3. The minimum atomic E-state index is -0.405. The molecule has 2 aliphatic rings. The van der Waals surface area contributed by atoms with Gasteiger partial charge in [0.05, 0.1) is 11.1 Å². The first-order chi connectivity index (χ1) is 10.6. The number of amides is 1. The van der Waals surface area contributed by atoms with Crippen LogP contribution in [0.15, 0.2) is 5.38 Å². The van der Waals surface area contributed by atoms with E-state index in [1.165, 1.54) is 0 Å². The SMILES string of the molecule is Cc1csc(N2CCN(C(=O)C3(CN)CCOCC3)CC2)n1.Cl.Cl. The fraction of sp³-hybridized carbons (Fsp3) is 0.733. The molecule has 3 rings (SSSR count). The van der Waals surface area contributed by atoms with Crippen molar-refractivity contribution >= 4 is 47.2 Å². The van der Waals surface area contributed by atoms with Gasteiger partial charge in [-0.15, -0.1) is 36.2 Å². The van der Waals surface area contributed by atoms with Crippen molar-refractivity contribution in [3.63, 3.8) is 0 Å². The molecule has 1 aromatic rings. The number of thiazole rings is 1. The summed E-state index contributed by atoms with van der Waals surface area (Å²) in [6, 6.07) is 0. The van der Waals surface area contributed by atoms with E-state index in [1.807, 2.05) is 11.8 Å². The summed E-state index contributed by atoms with van der Waals surface area (Å²) < 4.78 is 5.40. The molecule has 9 heteroatoms. The molecule has 2 saturated heterocycles. The molecule has 0 saturated carbocycles. The Morgan fingerprint density at radius 3 is 2.42 bits per heavy atom. The zero-order valence-corrected chi connectivity index (χ0v) is 16.4.